The fourth-order valence-electron chi connectivity index (χ4n) is 1.34. The molecule has 0 saturated carbocycles. The summed E-state index contributed by atoms with van der Waals surface area (Å²) in [6, 6.07) is 2.60. The van der Waals surface area contributed by atoms with Crippen LogP contribution >= 0.6 is 11.3 Å². The third-order valence-electron chi connectivity index (χ3n) is 2.28. The second kappa shape index (κ2) is 7.72. The summed E-state index contributed by atoms with van der Waals surface area (Å²) in [6.07, 6.45) is -6.66. The van der Waals surface area contributed by atoms with Gasteiger partial charge in [0, 0.05) is 12.0 Å². The zero-order valence-corrected chi connectivity index (χ0v) is 11.8. The van der Waals surface area contributed by atoms with Crippen molar-refractivity contribution in [3.63, 3.8) is 0 Å². The average Bonchev–Trinajstić information content (AvgIpc) is 2.81. The van der Waals surface area contributed by atoms with E-state index < -0.39 is 19.1 Å². The van der Waals surface area contributed by atoms with E-state index in [1.807, 2.05) is 0 Å². The minimum atomic E-state index is -4.57. The van der Waals surface area contributed by atoms with Crippen molar-refractivity contribution >= 4 is 17.1 Å². The molecule has 114 valence electrons. The fraction of sp³-hybridized carbons (Fsp3) is 0.583. The van der Waals surface area contributed by atoms with Crippen LogP contribution in [-0.2, 0) is 14.2 Å². The average molecular weight is 312 g/mol. The number of carbonyl (C=O) groups excluding carboxylic acids is 1. The van der Waals surface area contributed by atoms with Crippen molar-refractivity contribution in [2.75, 3.05) is 27.1 Å². The molecule has 0 amide bonds. The maximum atomic E-state index is 12.9. The first kappa shape index (κ1) is 17.1. The molecule has 0 radical (unpaired) electrons. The molecule has 1 rings (SSSR count). The van der Waals surface area contributed by atoms with Gasteiger partial charge in [-0.25, -0.2) is 0 Å². The molecule has 4 nitrogen and oxygen atoms in total. The number of rotatable bonds is 8. The van der Waals surface area contributed by atoms with Crippen molar-refractivity contribution in [3.05, 3.63) is 21.9 Å². The number of hydrogen-bond donors (Lipinski definition) is 0. The zero-order valence-electron chi connectivity index (χ0n) is 11.0. The Hall–Kier alpha value is -0.960. The fourth-order valence-corrected chi connectivity index (χ4v) is 2.32. The molecule has 0 aliphatic rings. The van der Waals surface area contributed by atoms with Gasteiger partial charge in [0.05, 0.1) is 18.1 Å². The highest BCUT2D eigenvalue weighted by Crippen LogP contribution is 2.39. The molecule has 0 fully saturated rings. The Morgan fingerprint density at radius 2 is 2.05 bits per heavy atom. The molecule has 0 aliphatic carbocycles. The summed E-state index contributed by atoms with van der Waals surface area (Å²) in [5, 5.41) is 0. The smallest absolute Gasteiger partial charge is 0.382 e. The number of carbonyl (C=O) groups is 1. The molecule has 1 unspecified atom stereocenters. The second-order valence-corrected chi connectivity index (χ2v) is 4.98. The predicted molar refractivity (Wildman–Crippen MR) is 66.9 cm³/mol. The number of alkyl halides is 3. The van der Waals surface area contributed by atoms with Crippen LogP contribution in [0.5, 0.6) is 0 Å². The van der Waals surface area contributed by atoms with Gasteiger partial charge in [-0.15, -0.1) is 11.3 Å². The van der Waals surface area contributed by atoms with Crippen molar-refractivity contribution in [1.82, 2.24) is 0 Å². The SMILES string of the molecule is COCCOCOC(c1ccc(C(C)=O)s1)C(F)(F)F. The van der Waals surface area contributed by atoms with E-state index in [9.17, 15) is 18.0 Å². The Bertz CT molecular complexity index is 431. The summed E-state index contributed by atoms with van der Waals surface area (Å²) in [5.74, 6) is -0.279. The maximum Gasteiger partial charge on any atom is 0.419 e. The van der Waals surface area contributed by atoms with Crippen molar-refractivity contribution in [1.29, 1.82) is 0 Å². The Kier molecular flexibility index (Phi) is 6.60. The van der Waals surface area contributed by atoms with Gasteiger partial charge in [-0.2, -0.15) is 13.2 Å². The van der Waals surface area contributed by atoms with Crippen molar-refractivity contribution in [2.24, 2.45) is 0 Å². The molecule has 1 aromatic rings. The van der Waals surface area contributed by atoms with E-state index in [4.69, 9.17) is 14.2 Å². The van der Waals surface area contributed by atoms with Crippen LogP contribution < -0.4 is 0 Å². The van der Waals surface area contributed by atoms with Crippen molar-refractivity contribution in [3.8, 4) is 0 Å². The van der Waals surface area contributed by atoms with Crippen LogP contribution in [0.25, 0.3) is 0 Å². The molecule has 0 N–H and O–H groups in total. The van der Waals surface area contributed by atoms with Gasteiger partial charge in [0.25, 0.3) is 0 Å². The first-order chi connectivity index (χ1) is 9.36. The number of thiophene rings is 1. The molecular weight excluding hydrogens is 297 g/mol. The largest absolute Gasteiger partial charge is 0.419 e. The molecule has 0 aromatic carbocycles. The summed E-state index contributed by atoms with van der Waals surface area (Å²) in [4.78, 5) is 11.3. The predicted octanol–water partition coefficient (Wildman–Crippen LogP) is 3.19. The lowest BCUT2D eigenvalue weighted by Crippen LogP contribution is -2.24. The van der Waals surface area contributed by atoms with Crippen LogP contribution in [-0.4, -0.2) is 39.1 Å². The van der Waals surface area contributed by atoms with Crippen molar-refractivity contribution in [2.45, 2.75) is 19.2 Å². The monoisotopic (exact) mass is 312 g/mol. The third-order valence-corrected chi connectivity index (χ3v) is 3.51. The van der Waals surface area contributed by atoms with E-state index in [-0.39, 0.29) is 28.8 Å². The summed E-state index contributed by atoms with van der Waals surface area (Å²) in [6.45, 7) is 1.21. The highest BCUT2D eigenvalue weighted by Gasteiger charge is 2.43. The number of methoxy groups -OCH3 is 1. The van der Waals surface area contributed by atoms with Gasteiger partial charge in [-0.1, -0.05) is 0 Å². The lowest BCUT2D eigenvalue weighted by Gasteiger charge is -2.19. The van der Waals surface area contributed by atoms with Crippen LogP contribution in [0.4, 0.5) is 13.2 Å². The Balaban J connectivity index is 2.66. The van der Waals surface area contributed by atoms with Crippen LogP contribution in [0.1, 0.15) is 27.6 Å². The lowest BCUT2D eigenvalue weighted by atomic mass is 10.2. The second-order valence-electron chi connectivity index (χ2n) is 3.87. The number of ketones is 1. The lowest BCUT2D eigenvalue weighted by molar-refractivity contribution is -0.246. The summed E-state index contributed by atoms with van der Waals surface area (Å²) in [7, 11) is 1.46. The van der Waals surface area contributed by atoms with Gasteiger partial charge in [0.2, 0.25) is 0 Å². The van der Waals surface area contributed by atoms with Gasteiger partial charge in [0.15, 0.2) is 11.9 Å². The van der Waals surface area contributed by atoms with Gasteiger partial charge >= 0.3 is 6.18 Å². The van der Waals surface area contributed by atoms with Gasteiger partial charge in [0.1, 0.15) is 6.79 Å². The number of hydrogen-bond acceptors (Lipinski definition) is 5. The van der Waals surface area contributed by atoms with E-state index in [1.165, 1.54) is 26.2 Å². The van der Waals surface area contributed by atoms with Crippen LogP contribution in [0.2, 0.25) is 0 Å². The van der Waals surface area contributed by atoms with E-state index in [2.05, 4.69) is 0 Å². The molecule has 1 atom stereocenters. The molecule has 0 aliphatic heterocycles. The highest BCUT2D eigenvalue weighted by atomic mass is 32.1. The summed E-state index contributed by atoms with van der Waals surface area (Å²) >= 11 is 0.769. The number of Topliss-reactive ketones (excluding diaryl/α,β-unsaturated/α-hetero) is 1. The van der Waals surface area contributed by atoms with E-state index in [0.717, 1.165) is 11.3 Å². The third kappa shape index (κ3) is 5.20. The first-order valence-corrected chi connectivity index (χ1v) is 6.53. The van der Waals surface area contributed by atoms with E-state index in [0.29, 0.717) is 0 Å². The van der Waals surface area contributed by atoms with E-state index in [1.54, 1.807) is 0 Å². The molecule has 8 heteroatoms. The molecule has 20 heavy (non-hydrogen) atoms. The van der Waals surface area contributed by atoms with Crippen LogP contribution in [0, 0.1) is 0 Å². The minimum Gasteiger partial charge on any atom is -0.382 e. The molecule has 0 spiro atoms. The zero-order chi connectivity index (χ0) is 15.2. The Labute approximate surface area is 118 Å². The molecule has 1 aromatic heterocycles. The molecule has 0 saturated heterocycles. The van der Waals surface area contributed by atoms with E-state index >= 15 is 0 Å². The normalized spacial score (nSPS) is 13.4. The van der Waals surface area contributed by atoms with Crippen molar-refractivity contribution < 1.29 is 32.2 Å². The van der Waals surface area contributed by atoms with Gasteiger partial charge < -0.3 is 14.2 Å². The highest BCUT2D eigenvalue weighted by molar-refractivity contribution is 7.14. The van der Waals surface area contributed by atoms with Gasteiger partial charge in [-0.05, 0) is 19.1 Å². The Morgan fingerprint density at radius 3 is 2.55 bits per heavy atom. The standard InChI is InChI=1S/C12H15F3O4S/c1-8(16)9-3-4-10(20-9)11(12(13,14)15)19-7-18-6-5-17-2/h3-4,11H,5-7H2,1-2H3. The quantitative estimate of drug-likeness (QED) is 0.420. The maximum absolute atomic E-state index is 12.9. The van der Waals surface area contributed by atoms with Crippen LogP contribution in [0.3, 0.4) is 0 Å². The van der Waals surface area contributed by atoms with Crippen LogP contribution in [0.15, 0.2) is 12.1 Å². The first-order valence-electron chi connectivity index (χ1n) is 5.72. The molecule has 0 bridgehead atoms. The summed E-state index contributed by atoms with van der Waals surface area (Å²) < 4.78 is 53.0. The Morgan fingerprint density at radius 1 is 1.35 bits per heavy atom. The molecular formula is C12H15F3O4S. The topological polar surface area (TPSA) is 44.8 Å². The summed E-state index contributed by atoms with van der Waals surface area (Å²) in [5.41, 5.74) is 0. The number of ether oxygens (including phenoxy) is 3. The minimum absolute atomic E-state index is 0.0713. The molecule has 1 heterocycles. The number of halogens is 3. The van der Waals surface area contributed by atoms with Gasteiger partial charge in [-0.3, -0.25) is 4.79 Å².